The van der Waals surface area contributed by atoms with E-state index in [4.69, 9.17) is 0 Å². The van der Waals surface area contributed by atoms with Crippen molar-refractivity contribution in [2.24, 2.45) is 5.92 Å². The van der Waals surface area contributed by atoms with Crippen LogP contribution < -0.4 is 0 Å². The van der Waals surface area contributed by atoms with Crippen LogP contribution in [-0.2, 0) is 17.8 Å². The summed E-state index contributed by atoms with van der Waals surface area (Å²) in [6.07, 6.45) is 3.79. The molecule has 0 saturated carbocycles. The Hall–Kier alpha value is -2.21. The number of aromatic amines is 1. The largest absolute Gasteiger partial charge is 0.342 e. The van der Waals surface area contributed by atoms with Crippen molar-refractivity contribution in [2.45, 2.75) is 45.1 Å². The van der Waals surface area contributed by atoms with Gasteiger partial charge in [0.25, 0.3) is 0 Å². The van der Waals surface area contributed by atoms with Gasteiger partial charge in [0.15, 0.2) is 5.82 Å². The van der Waals surface area contributed by atoms with Crippen LogP contribution in [0.25, 0.3) is 0 Å². The third-order valence-corrected chi connectivity index (χ3v) is 5.93. The minimum Gasteiger partial charge on any atom is -0.342 e. The summed E-state index contributed by atoms with van der Waals surface area (Å²) in [7, 11) is 0. The average molecular weight is 367 g/mol. The molecule has 4 rings (SSSR count). The molecule has 1 N–H and O–H groups in total. The quantitative estimate of drug-likeness (QED) is 0.882. The lowest BCUT2D eigenvalue weighted by molar-refractivity contribution is -0.136. The van der Waals surface area contributed by atoms with Gasteiger partial charge in [0.2, 0.25) is 5.91 Å². The summed E-state index contributed by atoms with van der Waals surface area (Å²) in [4.78, 5) is 22.0. The number of rotatable bonds is 5. The lowest BCUT2D eigenvalue weighted by atomic mass is 9.95. The van der Waals surface area contributed by atoms with E-state index in [1.807, 2.05) is 6.07 Å². The number of carbonyl (C=O) groups is 1. The van der Waals surface area contributed by atoms with Crippen molar-refractivity contribution in [3.63, 3.8) is 0 Å². The van der Waals surface area contributed by atoms with Crippen molar-refractivity contribution in [1.29, 1.82) is 0 Å². The fourth-order valence-electron chi connectivity index (χ4n) is 4.29. The van der Waals surface area contributed by atoms with Gasteiger partial charge in [-0.1, -0.05) is 37.3 Å². The number of piperidine rings is 1. The average Bonchev–Trinajstić information content (AvgIpc) is 3.38. The minimum atomic E-state index is 0.153. The number of hydrogen-bond donors (Lipinski definition) is 1. The molecule has 0 spiro atoms. The first-order valence-electron chi connectivity index (χ1n) is 10.2. The summed E-state index contributed by atoms with van der Waals surface area (Å²) >= 11 is 0. The number of carbonyl (C=O) groups excluding carboxylic acids is 1. The van der Waals surface area contributed by atoms with E-state index >= 15 is 0 Å². The Morgan fingerprint density at radius 2 is 1.93 bits per heavy atom. The summed E-state index contributed by atoms with van der Waals surface area (Å²) in [5, 5.41) is 7.37. The first kappa shape index (κ1) is 18.2. The molecule has 2 fully saturated rings. The second kappa shape index (κ2) is 8.21. The molecule has 0 bridgehead atoms. The predicted octanol–water partition coefficient (Wildman–Crippen LogP) is 2.60. The Bertz CT molecular complexity index is 751. The van der Waals surface area contributed by atoms with Gasteiger partial charge in [0.05, 0.1) is 5.92 Å². The number of nitrogens with zero attached hydrogens (tertiary/aromatic N) is 4. The molecule has 144 valence electrons. The van der Waals surface area contributed by atoms with Crippen molar-refractivity contribution >= 4 is 5.91 Å². The van der Waals surface area contributed by atoms with Gasteiger partial charge in [0, 0.05) is 38.5 Å². The van der Waals surface area contributed by atoms with Crippen molar-refractivity contribution < 1.29 is 4.79 Å². The number of H-pyrrole nitrogens is 1. The number of nitrogens with one attached hydrogen (secondary N) is 1. The molecule has 6 heteroatoms. The van der Waals surface area contributed by atoms with Gasteiger partial charge in [-0.3, -0.25) is 14.8 Å². The first-order chi connectivity index (χ1) is 13.2. The van der Waals surface area contributed by atoms with Crippen molar-refractivity contribution in [3.05, 3.63) is 47.5 Å². The van der Waals surface area contributed by atoms with Crippen LogP contribution in [0, 0.1) is 5.92 Å². The molecule has 27 heavy (non-hydrogen) atoms. The van der Waals surface area contributed by atoms with E-state index in [0.29, 0.717) is 11.8 Å². The van der Waals surface area contributed by atoms with E-state index < -0.39 is 0 Å². The lowest BCUT2D eigenvalue weighted by Gasteiger charge is -2.32. The standard InChI is InChI=1S/C21H29N5O/c1-2-19-22-20(24-23-19)17-9-12-26(13-10-17)21(27)18-8-11-25(15-18)14-16-6-4-3-5-7-16/h3-7,17-18H,2,8-15H2,1H3,(H,22,23,24). The third kappa shape index (κ3) is 4.21. The van der Waals surface area contributed by atoms with Gasteiger partial charge in [-0.05, 0) is 31.4 Å². The lowest BCUT2D eigenvalue weighted by Crippen LogP contribution is -2.42. The molecule has 6 nitrogen and oxygen atoms in total. The summed E-state index contributed by atoms with van der Waals surface area (Å²) in [6.45, 7) is 6.57. The Kier molecular flexibility index (Phi) is 5.53. The van der Waals surface area contributed by atoms with Crippen LogP contribution in [0.15, 0.2) is 30.3 Å². The molecule has 2 aliphatic heterocycles. The summed E-state index contributed by atoms with van der Waals surface area (Å²) in [5.74, 6) is 2.75. The molecule has 1 aromatic heterocycles. The van der Waals surface area contributed by atoms with Crippen LogP contribution in [0.5, 0.6) is 0 Å². The Balaban J connectivity index is 1.27. The van der Waals surface area contributed by atoms with Crippen molar-refractivity contribution in [3.8, 4) is 0 Å². The minimum absolute atomic E-state index is 0.153. The van der Waals surface area contributed by atoms with Gasteiger partial charge in [0.1, 0.15) is 5.82 Å². The van der Waals surface area contributed by atoms with Crippen LogP contribution in [0.2, 0.25) is 0 Å². The number of aryl methyl sites for hydroxylation is 1. The van der Waals surface area contributed by atoms with E-state index in [0.717, 1.165) is 70.1 Å². The number of amides is 1. The SMILES string of the molecule is CCc1nc(C2CCN(C(=O)C3CCN(Cc4ccccc4)C3)CC2)n[nH]1. The molecule has 2 aromatic rings. The summed E-state index contributed by atoms with van der Waals surface area (Å²) in [6, 6.07) is 10.5. The normalized spacial score (nSPS) is 21.7. The zero-order valence-electron chi connectivity index (χ0n) is 16.1. The van der Waals surface area contributed by atoms with Crippen LogP contribution in [-0.4, -0.2) is 57.1 Å². The highest BCUT2D eigenvalue weighted by Gasteiger charge is 2.33. The number of benzene rings is 1. The fourth-order valence-corrected chi connectivity index (χ4v) is 4.29. The Labute approximate surface area is 161 Å². The van der Waals surface area contributed by atoms with Crippen molar-refractivity contribution in [2.75, 3.05) is 26.2 Å². The second-order valence-corrected chi connectivity index (χ2v) is 7.80. The van der Waals surface area contributed by atoms with Crippen molar-refractivity contribution in [1.82, 2.24) is 25.0 Å². The zero-order valence-corrected chi connectivity index (χ0v) is 16.1. The predicted molar refractivity (Wildman–Crippen MR) is 104 cm³/mol. The van der Waals surface area contributed by atoms with Gasteiger partial charge in [-0.25, -0.2) is 4.98 Å². The van der Waals surface area contributed by atoms with E-state index in [1.165, 1.54) is 5.56 Å². The van der Waals surface area contributed by atoms with Crippen LogP contribution in [0.1, 0.15) is 49.3 Å². The Morgan fingerprint density at radius 3 is 2.63 bits per heavy atom. The van der Waals surface area contributed by atoms with E-state index in [1.54, 1.807) is 0 Å². The monoisotopic (exact) mass is 367 g/mol. The van der Waals surface area contributed by atoms with Gasteiger partial charge < -0.3 is 4.90 Å². The molecule has 0 radical (unpaired) electrons. The summed E-state index contributed by atoms with van der Waals surface area (Å²) in [5.41, 5.74) is 1.32. The molecule has 1 aromatic carbocycles. The second-order valence-electron chi connectivity index (χ2n) is 7.80. The fraction of sp³-hybridized carbons (Fsp3) is 0.571. The van der Waals surface area contributed by atoms with Crippen LogP contribution in [0.4, 0.5) is 0 Å². The zero-order chi connectivity index (χ0) is 18.6. The van der Waals surface area contributed by atoms with Crippen LogP contribution >= 0.6 is 0 Å². The van der Waals surface area contributed by atoms with E-state index in [-0.39, 0.29) is 5.92 Å². The number of hydrogen-bond acceptors (Lipinski definition) is 4. The van der Waals surface area contributed by atoms with E-state index in [2.05, 4.69) is 56.2 Å². The molecule has 2 aliphatic rings. The van der Waals surface area contributed by atoms with Gasteiger partial charge >= 0.3 is 0 Å². The molecule has 1 unspecified atom stereocenters. The number of aromatic nitrogens is 3. The topological polar surface area (TPSA) is 65.1 Å². The highest BCUT2D eigenvalue weighted by molar-refractivity contribution is 5.79. The summed E-state index contributed by atoms with van der Waals surface area (Å²) < 4.78 is 0. The van der Waals surface area contributed by atoms with Gasteiger partial charge in [-0.2, -0.15) is 5.10 Å². The molecule has 1 atom stereocenters. The van der Waals surface area contributed by atoms with Crippen LogP contribution in [0.3, 0.4) is 0 Å². The first-order valence-corrected chi connectivity index (χ1v) is 10.2. The molecule has 3 heterocycles. The molecule has 0 aliphatic carbocycles. The van der Waals surface area contributed by atoms with Gasteiger partial charge in [-0.15, -0.1) is 0 Å². The molecule has 1 amide bonds. The molecular formula is C21H29N5O. The maximum Gasteiger partial charge on any atom is 0.227 e. The highest BCUT2D eigenvalue weighted by atomic mass is 16.2. The highest BCUT2D eigenvalue weighted by Crippen LogP contribution is 2.28. The molecule has 2 saturated heterocycles. The van der Waals surface area contributed by atoms with E-state index in [9.17, 15) is 4.79 Å². The smallest absolute Gasteiger partial charge is 0.227 e. The third-order valence-electron chi connectivity index (χ3n) is 5.93. The Morgan fingerprint density at radius 1 is 1.15 bits per heavy atom. The maximum absolute atomic E-state index is 13.0. The molecular weight excluding hydrogens is 338 g/mol. The number of likely N-dealkylation sites (tertiary alicyclic amines) is 2. The maximum atomic E-state index is 13.0.